The Hall–Kier alpha value is -3.41. The number of aromatic amines is 1. The molecule has 0 bridgehead atoms. The molecule has 2 N–H and O–H groups in total. The molecule has 0 unspecified atom stereocenters. The van der Waals surface area contributed by atoms with Crippen molar-refractivity contribution in [3.05, 3.63) is 91.8 Å². The number of rotatable bonds is 4. The van der Waals surface area contributed by atoms with Crippen LogP contribution in [0.4, 0.5) is 5.69 Å². The van der Waals surface area contributed by atoms with Crippen LogP contribution < -0.4 is 16.6 Å². The highest BCUT2D eigenvalue weighted by Crippen LogP contribution is 2.16. The van der Waals surface area contributed by atoms with E-state index < -0.39 is 17.2 Å². The van der Waals surface area contributed by atoms with E-state index in [4.69, 9.17) is 0 Å². The Kier molecular flexibility index (Phi) is 5.07. The molecule has 1 amide bonds. The molecule has 6 heteroatoms. The van der Waals surface area contributed by atoms with Gasteiger partial charge in [-0.05, 0) is 55.2 Å². The molecule has 0 atom stereocenters. The first-order valence-electron chi connectivity index (χ1n) is 8.74. The van der Waals surface area contributed by atoms with Crippen molar-refractivity contribution >= 4 is 11.6 Å². The zero-order valence-electron chi connectivity index (χ0n) is 15.5. The van der Waals surface area contributed by atoms with Crippen LogP contribution in [0.15, 0.2) is 58.3 Å². The second kappa shape index (κ2) is 7.45. The lowest BCUT2D eigenvalue weighted by Crippen LogP contribution is -2.38. The molecular weight excluding hydrogens is 342 g/mol. The van der Waals surface area contributed by atoms with Gasteiger partial charge in [-0.2, -0.15) is 0 Å². The summed E-state index contributed by atoms with van der Waals surface area (Å²) in [6.07, 6.45) is 1.90. The molecule has 0 aliphatic rings. The van der Waals surface area contributed by atoms with Gasteiger partial charge in [0.1, 0.15) is 5.56 Å². The topological polar surface area (TPSA) is 84.0 Å². The quantitative estimate of drug-likeness (QED) is 0.747. The van der Waals surface area contributed by atoms with Gasteiger partial charge in [0.15, 0.2) is 0 Å². The zero-order chi connectivity index (χ0) is 19.6. The van der Waals surface area contributed by atoms with E-state index in [1.165, 1.54) is 0 Å². The number of hydrogen-bond acceptors (Lipinski definition) is 3. The Labute approximate surface area is 156 Å². The fourth-order valence-corrected chi connectivity index (χ4v) is 2.87. The molecule has 1 aromatic heterocycles. The van der Waals surface area contributed by atoms with Crippen LogP contribution in [0.3, 0.4) is 0 Å². The van der Waals surface area contributed by atoms with Crippen molar-refractivity contribution in [2.75, 3.05) is 5.32 Å². The maximum absolute atomic E-state index is 12.9. The van der Waals surface area contributed by atoms with Gasteiger partial charge in [-0.1, -0.05) is 31.2 Å². The van der Waals surface area contributed by atoms with Crippen molar-refractivity contribution in [2.24, 2.45) is 0 Å². The Morgan fingerprint density at radius 1 is 1.07 bits per heavy atom. The molecule has 1 heterocycles. The van der Waals surface area contributed by atoms with Crippen molar-refractivity contribution < 1.29 is 4.79 Å². The van der Waals surface area contributed by atoms with Gasteiger partial charge in [-0.25, -0.2) is 9.36 Å². The minimum atomic E-state index is -0.659. The highest BCUT2D eigenvalue weighted by molar-refractivity contribution is 6.04. The standard InChI is InChI=1S/C21H21N3O3/c1-4-15-7-5-6-8-18(15)23-19(25)17-12-22-21(27)24(20(17)26)16-10-9-13(2)14(3)11-16/h5-12H,4H2,1-3H3,(H,22,27)(H,23,25). The van der Waals surface area contributed by atoms with E-state index >= 15 is 0 Å². The number of nitrogens with one attached hydrogen (secondary N) is 2. The van der Waals surface area contributed by atoms with Crippen LogP contribution >= 0.6 is 0 Å². The van der Waals surface area contributed by atoms with E-state index in [0.29, 0.717) is 11.4 Å². The van der Waals surface area contributed by atoms with Crippen LogP contribution in [0.5, 0.6) is 0 Å². The summed E-state index contributed by atoms with van der Waals surface area (Å²) in [5.74, 6) is -0.560. The summed E-state index contributed by atoms with van der Waals surface area (Å²) in [7, 11) is 0. The number of carbonyl (C=O) groups is 1. The first kappa shape index (κ1) is 18.4. The smallest absolute Gasteiger partial charge is 0.322 e. The van der Waals surface area contributed by atoms with Crippen LogP contribution in [0, 0.1) is 13.8 Å². The van der Waals surface area contributed by atoms with Crippen molar-refractivity contribution in [2.45, 2.75) is 27.2 Å². The molecule has 0 saturated carbocycles. The Morgan fingerprint density at radius 2 is 1.81 bits per heavy atom. The normalized spacial score (nSPS) is 10.6. The number of para-hydroxylation sites is 1. The van der Waals surface area contributed by atoms with E-state index in [-0.39, 0.29) is 5.56 Å². The molecule has 6 nitrogen and oxygen atoms in total. The lowest BCUT2D eigenvalue weighted by molar-refractivity contribution is 0.102. The molecule has 27 heavy (non-hydrogen) atoms. The first-order valence-corrected chi connectivity index (χ1v) is 8.74. The Morgan fingerprint density at radius 3 is 2.52 bits per heavy atom. The predicted octanol–water partition coefficient (Wildman–Crippen LogP) is 2.96. The summed E-state index contributed by atoms with van der Waals surface area (Å²) in [5.41, 5.74) is 2.66. The van der Waals surface area contributed by atoms with Crippen LogP contribution in [-0.4, -0.2) is 15.5 Å². The number of amides is 1. The SMILES string of the molecule is CCc1ccccc1NC(=O)c1c[nH]c(=O)n(-c2ccc(C)c(C)c2)c1=O. The average Bonchev–Trinajstić information content (AvgIpc) is 2.65. The highest BCUT2D eigenvalue weighted by Gasteiger charge is 2.17. The van der Waals surface area contributed by atoms with Crippen LogP contribution in [-0.2, 0) is 6.42 Å². The summed E-state index contributed by atoms with van der Waals surface area (Å²) >= 11 is 0. The molecule has 3 aromatic rings. The number of benzene rings is 2. The van der Waals surface area contributed by atoms with E-state index in [1.54, 1.807) is 18.2 Å². The summed E-state index contributed by atoms with van der Waals surface area (Å²) in [6.45, 7) is 5.83. The van der Waals surface area contributed by atoms with E-state index in [9.17, 15) is 14.4 Å². The summed E-state index contributed by atoms with van der Waals surface area (Å²) in [6, 6.07) is 12.7. The van der Waals surface area contributed by atoms with E-state index in [1.807, 2.05) is 45.0 Å². The molecular formula is C21H21N3O3. The van der Waals surface area contributed by atoms with Gasteiger partial charge in [0.2, 0.25) is 0 Å². The summed E-state index contributed by atoms with van der Waals surface area (Å²) in [5, 5.41) is 2.76. The number of carbonyl (C=O) groups excluding carboxylic acids is 1. The fourth-order valence-electron chi connectivity index (χ4n) is 2.87. The van der Waals surface area contributed by atoms with Gasteiger partial charge in [0.05, 0.1) is 5.69 Å². The molecule has 0 fully saturated rings. The average molecular weight is 363 g/mol. The van der Waals surface area contributed by atoms with Gasteiger partial charge < -0.3 is 10.3 Å². The van der Waals surface area contributed by atoms with E-state index in [0.717, 1.165) is 33.9 Å². The Balaban J connectivity index is 2.05. The largest absolute Gasteiger partial charge is 0.333 e. The van der Waals surface area contributed by atoms with E-state index in [2.05, 4.69) is 10.3 Å². The summed E-state index contributed by atoms with van der Waals surface area (Å²) in [4.78, 5) is 40.3. The second-order valence-corrected chi connectivity index (χ2v) is 6.38. The molecule has 0 radical (unpaired) electrons. The van der Waals surface area contributed by atoms with Gasteiger partial charge >= 0.3 is 5.69 Å². The van der Waals surface area contributed by atoms with Crippen LogP contribution in [0.25, 0.3) is 5.69 Å². The van der Waals surface area contributed by atoms with Crippen LogP contribution in [0.2, 0.25) is 0 Å². The third-order valence-corrected chi connectivity index (χ3v) is 4.62. The molecule has 138 valence electrons. The zero-order valence-corrected chi connectivity index (χ0v) is 15.5. The second-order valence-electron chi connectivity index (χ2n) is 6.38. The minimum absolute atomic E-state index is 0.126. The van der Waals surface area contributed by atoms with Gasteiger partial charge in [0, 0.05) is 11.9 Å². The highest BCUT2D eigenvalue weighted by atomic mass is 16.2. The number of nitrogens with zero attached hydrogens (tertiary/aromatic N) is 1. The monoisotopic (exact) mass is 363 g/mol. The maximum atomic E-state index is 12.9. The van der Waals surface area contributed by atoms with Crippen molar-refractivity contribution in [3.63, 3.8) is 0 Å². The maximum Gasteiger partial charge on any atom is 0.333 e. The van der Waals surface area contributed by atoms with Gasteiger partial charge in [-0.15, -0.1) is 0 Å². The number of anilines is 1. The molecule has 3 rings (SSSR count). The number of aryl methyl sites for hydroxylation is 3. The molecule has 2 aromatic carbocycles. The molecule has 0 spiro atoms. The van der Waals surface area contributed by atoms with Crippen LogP contribution in [0.1, 0.15) is 34.0 Å². The Bertz CT molecular complexity index is 1130. The fraction of sp³-hybridized carbons (Fsp3) is 0.190. The van der Waals surface area contributed by atoms with Crippen molar-refractivity contribution in [3.8, 4) is 5.69 Å². The number of aromatic nitrogens is 2. The lowest BCUT2D eigenvalue weighted by atomic mass is 10.1. The van der Waals surface area contributed by atoms with Gasteiger partial charge in [0.25, 0.3) is 11.5 Å². The number of hydrogen-bond donors (Lipinski definition) is 2. The molecule has 0 aliphatic heterocycles. The van der Waals surface area contributed by atoms with Crippen molar-refractivity contribution in [1.29, 1.82) is 0 Å². The van der Waals surface area contributed by atoms with Gasteiger partial charge in [-0.3, -0.25) is 9.59 Å². The minimum Gasteiger partial charge on any atom is -0.322 e. The first-order chi connectivity index (χ1) is 12.9. The summed E-state index contributed by atoms with van der Waals surface area (Å²) < 4.78 is 0.979. The molecule has 0 aliphatic carbocycles. The van der Waals surface area contributed by atoms with Crippen molar-refractivity contribution in [1.82, 2.24) is 9.55 Å². The molecule has 0 saturated heterocycles. The predicted molar refractivity (Wildman–Crippen MR) is 106 cm³/mol. The number of H-pyrrole nitrogens is 1. The lowest BCUT2D eigenvalue weighted by Gasteiger charge is -2.11. The third kappa shape index (κ3) is 3.60. The third-order valence-electron chi connectivity index (χ3n) is 4.62.